The Morgan fingerprint density at radius 1 is 1.31 bits per heavy atom. The Bertz CT molecular complexity index is 341. The van der Waals surface area contributed by atoms with Gasteiger partial charge in [-0.3, -0.25) is 0 Å². The second kappa shape index (κ2) is 6.16. The van der Waals surface area contributed by atoms with E-state index >= 15 is 0 Å². The molecule has 0 saturated heterocycles. The predicted octanol–water partition coefficient (Wildman–Crippen LogP) is 3.27. The molecule has 0 bridgehead atoms. The molecule has 0 aromatic heterocycles. The maximum atomic E-state index is 5.40. The van der Waals surface area contributed by atoms with E-state index in [4.69, 9.17) is 4.74 Å². The summed E-state index contributed by atoms with van der Waals surface area (Å²) < 4.78 is 5.40. The molecule has 2 rings (SSSR count). The zero-order chi connectivity index (χ0) is 11.2. The zero-order valence-corrected chi connectivity index (χ0v) is 10.6. The highest BCUT2D eigenvalue weighted by molar-refractivity contribution is 7.99. The fourth-order valence-electron chi connectivity index (χ4n) is 1.83. The molecular weight excluding hydrogens is 218 g/mol. The van der Waals surface area contributed by atoms with E-state index < -0.39 is 0 Å². The molecule has 1 heterocycles. The van der Waals surface area contributed by atoms with Crippen molar-refractivity contribution in [1.82, 2.24) is 0 Å². The van der Waals surface area contributed by atoms with Crippen molar-refractivity contribution in [3.05, 3.63) is 29.3 Å². The van der Waals surface area contributed by atoms with Gasteiger partial charge in [0.05, 0.1) is 13.2 Å². The molecule has 0 spiro atoms. The van der Waals surface area contributed by atoms with Crippen molar-refractivity contribution in [2.24, 2.45) is 0 Å². The van der Waals surface area contributed by atoms with Crippen LogP contribution in [0, 0.1) is 0 Å². The van der Waals surface area contributed by atoms with E-state index in [1.807, 2.05) is 11.8 Å². The fraction of sp³-hybridized carbons (Fsp3) is 0.538. The normalized spacial score (nSPS) is 13.8. The molecule has 0 fully saturated rings. The first-order chi connectivity index (χ1) is 7.90. The van der Waals surface area contributed by atoms with Crippen LogP contribution in [0.1, 0.15) is 24.5 Å². The first kappa shape index (κ1) is 11.8. The molecule has 2 nitrogen and oxygen atoms in total. The lowest BCUT2D eigenvalue weighted by atomic mass is 10.1. The minimum Gasteiger partial charge on any atom is -0.385 e. The van der Waals surface area contributed by atoms with Gasteiger partial charge in [-0.05, 0) is 41.2 Å². The molecule has 1 aromatic rings. The summed E-state index contributed by atoms with van der Waals surface area (Å²) in [6, 6.07) is 6.54. The highest BCUT2D eigenvalue weighted by atomic mass is 32.2. The van der Waals surface area contributed by atoms with E-state index in [2.05, 4.69) is 30.4 Å². The maximum absolute atomic E-state index is 5.40. The lowest BCUT2D eigenvalue weighted by molar-refractivity contribution is 0.134. The second-order valence-electron chi connectivity index (χ2n) is 3.95. The summed E-state index contributed by atoms with van der Waals surface area (Å²) in [5, 5.41) is 3.46. The summed E-state index contributed by atoms with van der Waals surface area (Å²) in [4.78, 5) is 0. The van der Waals surface area contributed by atoms with Gasteiger partial charge < -0.3 is 10.1 Å². The van der Waals surface area contributed by atoms with Gasteiger partial charge in [-0.25, -0.2) is 0 Å². The van der Waals surface area contributed by atoms with Crippen molar-refractivity contribution >= 4 is 17.4 Å². The van der Waals surface area contributed by atoms with E-state index in [9.17, 15) is 0 Å². The maximum Gasteiger partial charge on any atom is 0.0725 e. The minimum atomic E-state index is 0.774. The number of benzene rings is 1. The Morgan fingerprint density at radius 2 is 2.19 bits per heavy atom. The minimum absolute atomic E-state index is 0.774. The van der Waals surface area contributed by atoms with Crippen LogP contribution in [-0.2, 0) is 18.0 Å². The first-order valence-corrected chi connectivity index (χ1v) is 7.07. The van der Waals surface area contributed by atoms with E-state index in [0.717, 1.165) is 19.8 Å². The summed E-state index contributed by atoms with van der Waals surface area (Å²) >= 11 is 2.00. The van der Waals surface area contributed by atoms with Gasteiger partial charge in [0.15, 0.2) is 0 Å². The van der Waals surface area contributed by atoms with Gasteiger partial charge in [-0.2, -0.15) is 11.8 Å². The van der Waals surface area contributed by atoms with Crippen molar-refractivity contribution in [2.45, 2.75) is 26.6 Å². The Balaban J connectivity index is 1.77. The average molecular weight is 237 g/mol. The van der Waals surface area contributed by atoms with Crippen molar-refractivity contribution in [2.75, 3.05) is 23.4 Å². The number of thioether (sulfide) groups is 1. The van der Waals surface area contributed by atoms with Crippen LogP contribution in [0.2, 0.25) is 0 Å². The molecule has 3 heteroatoms. The average Bonchev–Trinajstić information content (AvgIpc) is 2.76. The lowest BCUT2D eigenvalue weighted by Gasteiger charge is -2.07. The van der Waals surface area contributed by atoms with Crippen LogP contribution in [-0.4, -0.2) is 18.1 Å². The van der Waals surface area contributed by atoms with E-state index in [1.54, 1.807) is 0 Å². The Hall–Kier alpha value is -0.670. The molecule has 0 aliphatic carbocycles. The molecule has 16 heavy (non-hydrogen) atoms. The van der Waals surface area contributed by atoms with Crippen molar-refractivity contribution in [3.63, 3.8) is 0 Å². The standard InChI is InChI=1S/C13H19NOS/c1-2-16-7-3-6-14-13-5-4-11-9-15-10-12(11)8-13/h4-5,8,14H,2-3,6-7,9-10H2,1H3. The Morgan fingerprint density at radius 3 is 3.06 bits per heavy atom. The van der Waals surface area contributed by atoms with E-state index in [-0.39, 0.29) is 0 Å². The summed E-state index contributed by atoms with van der Waals surface area (Å²) in [7, 11) is 0. The number of nitrogens with one attached hydrogen (secondary N) is 1. The number of fused-ring (bicyclic) bond motifs is 1. The predicted molar refractivity (Wildman–Crippen MR) is 71.0 cm³/mol. The van der Waals surface area contributed by atoms with Crippen LogP contribution in [0.5, 0.6) is 0 Å². The highest BCUT2D eigenvalue weighted by Gasteiger charge is 2.10. The summed E-state index contributed by atoms with van der Waals surface area (Å²) in [6.45, 7) is 4.82. The highest BCUT2D eigenvalue weighted by Crippen LogP contribution is 2.23. The van der Waals surface area contributed by atoms with Crippen LogP contribution < -0.4 is 5.32 Å². The molecular formula is C13H19NOS. The van der Waals surface area contributed by atoms with Gasteiger partial charge in [0.25, 0.3) is 0 Å². The van der Waals surface area contributed by atoms with Gasteiger partial charge in [-0.1, -0.05) is 13.0 Å². The molecule has 0 saturated carbocycles. The summed E-state index contributed by atoms with van der Waals surface area (Å²) in [5.74, 6) is 2.47. The number of rotatable bonds is 6. The Kier molecular flexibility index (Phi) is 4.55. The number of hydrogen-bond acceptors (Lipinski definition) is 3. The van der Waals surface area contributed by atoms with Crippen molar-refractivity contribution in [3.8, 4) is 0 Å². The van der Waals surface area contributed by atoms with Gasteiger partial charge in [0.2, 0.25) is 0 Å². The third kappa shape index (κ3) is 3.16. The van der Waals surface area contributed by atoms with Gasteiger partial charge in [-0.15, -0.1) is 0 Å². The molecule has 88 valence electrons. The van der Waals surface area contributed by atoms with E-state index in [1.165, 1.54) is 34.7 Å². The van der Waals surface area contributed by atoms with Crippen LogP contribution >= 0.6 is 11.8 Å². The first-order valence-electron chi connectivity index (χ1n) is 5.91. The molecule has 0 atom stereocenters. The molecule has 1 N–H and O–H groups in total. The molecule has 0 unspecified atom stereocenters. The van der Waals surface area contributed by atoms with Gasteiger partial charge in [0.1, 0.15) is 0 Å². The van der Waals surface area contributed by atoms with Crippen LogP contribution in [0.4, 0.5) is 5.69 Å². The van der Waals surface area contributed by atoms with Crippen LogP contribution in [0.3, 0.4) is 0 Å². The second-order valence-corrected chi connectivity index (χ2v) is 5.35. The zero-order valence-electron chi connectivity index (χ0n) is 9.79. The third-order valence-electron chi connectivity index (χ3n) is 2.72. The fourth-order valence-corrected chi connectivity index (χ4v) is 2.47. The Labute approximate surface area is 102 Å². The summed E-state index contributed by atoms with van der Waals surface area (Å²) in [6.07, 6.45) is 1.23. The smallest absolute Gasteiger partial charge is 0.0725 e. The molecule has 1 aromatic carbocycles. The quantitative estimate of drug-likeness (QED) is 0.767. The molecule has 1 aliphatic rings. The largest absolute Gasteiger partial charge is 0.385 e. The SMILES string of the molecule is CCSCCCNc1ccc2c(c1)COC2. The van der Waals surface area contributed by atoms with E-state index in [0.29, 0.717) is 0 Å². The van der Waals surface area contributed by atoms with Crippen molar-refractivity contribution in [1.29, 1.82) is 0 Å². The van der Waals surface area contributed by atoms with Gasteiger partial charge >= 0.3 is 0 Å². The molecule has 1 aliphatic heterocycles. The molecule has 0 amide bonds. The van der Waals surface area contributed by atoms with Crippen molar-refractivity contribution < 1.29 is 4.74 Å². The third-order valence-corrected chi connectivity index (χ3v) is 3.71. The number of hydrogen-bond donors (Lipinski definition) is 1. The van der Waals surface area contributed by atoms with Crippen LogP contribution in [0.25, 0.3) is 0 Å². The number of anilines is 1. The number of ether oxygens (including phenoxy) is 1. The molecule has 0 radical (unpaired) electrons. The topological polar surface area (TPSA) is 21.3 Å². The summed E-state index contributed by atoms with van der Waals surface area (Å²) in [5.41, 5.74) is 3.91. The van der Waals surface area contributed by atoms with Gasteiger partial charge in [0, 0.05) is 12.2 Å². The van der Waals surface area contributed by atoms with Crippen LogP contribution in [0.15, 0.2) is 18.2 Å². The monoisotopic (exact) mass is 237 g/mol. The lowest BCUT2D eigenvalue weighted by Crippen LogP contribution is -2.03.